The molecule has 31 heavy (non-hydrogen) atoms. The number of thiazole rings is 1. The van der Waals surface area contributed by atoms with Gasteiger partial charge in [-0.25, -0.2) is 22.2 Å². The zero-order valence-corrected chi connectivity index (χ0v) is 18.1. The zero-order chi connectivity index (χ0) is 22.2. The van der Waals surface area contributed by atoms with E-state index in [2.05, 4.69) is 20.1 Å². The van der Waals surface area contributed by atoms with Gasteiger partial charge in [0.2, 0.25) is 5.91 Å². The number of carbonyl (C=O) groups excluding carboxylic acids is 1. The first-order valence-electron chi connectivity index (χ1n) is 9.11. The van der Waals surface area contributed by atoms with Crippen molar-refractivity contribution in [1.82, 2.24) is 14.8 Å². The standard InChI is InChI=1S/C18H16ClF2N5O3S2/c19-14-15(17(20)21)24-26(16(14)10-1-2-10)9-13(27)23-11-3-5-12(6-4-11)31(28,29)25-18-22-7-8-30-18/h3-8,10,17H,1-2,9H2,(H,22,25)(H,23,27). The largest absolute Gasteiger partial charge is 0.324 e. The number of alkyl halides is 2. The number of nitrogens with zero attached hydrogens (tertiary/aromatic N) is 3. The van der Waals surface area contributed by atoms with Crippen molar-refractivity contribution >= 4 is 49.7 Å². The Morgan fingerprint density at radius 1 is 1.29 bits per heavy atom. The van der Waals surface area contributed by atoms with Crippen molar-refractivity contribution in [2.24, 2.45) is 0 Å². The molecule has 2 aromatic heterocycles. The Bertz CT molecular complexity index is 1190. The van der Waals surface area contributed by atoms with Crippen LogP contribution in [-0.2, 0) is 21.4 Å². The van der Waals surface area contributed by atoms with Gasteiger partial charge in [0.25, 0.3) is 16.4 Å². The van der Waals surface area contributed by atoms with E-state index in [1.165, 1.54) is 35.1 Å². The molecule has 8 nitrogen and oxygen atoms in total. The molecule has 0 radical (unpaired) electrons. The van der Waals surface area contributed by atoms with Crippen molar-refractivity contribution in [3.8, 4) is 0 Å². The summed E-state index contributed by atoms with van der Waals surface area (Å²) < 4.78 is 54.5. The van der Waals surface area contributed by atoms with E-state index in [-0.39, 0.29) is 27.5 Å². The molecule has 1 aliphatic carbocycles. The average Bonchev–Trinajstić information content (AvgIpc) is 3.31. The van der Waals surface area contributed by atoms with Crippen molar-refractivity contribution in [2.45, 2.75) is 36.6 Å². The zero-order valence-electron chi connectivity index (χ0n) is 15.8. The molecule has 1 fully saturated rings. The maximum absolute atomic E-state index is 13.1. The highest BCUT2D eigenvalue weighted by Crippen LogP contribution is 2.45. The van der Waals surface area contributed by atoms with E-state index >= 15 is 0 Å². The lowest BCUT2D eigenvalue weighted by Crippen LogP contribution is -2.21. The molecule has 1 aliphatic rings. The van der Waals surface area contributed by atoms with E-state index in [4.69, 9.17) is 11.6 Å². The first kappa shape index (κ1) is 21.7. The number of aromatic nitrogens is 3. The highest BCUT2D eigenvalue weighted by Gasteiger charge is 2.34. The van der Waals surface area contributed by atoms with Crippen molar-refractivity contribution in [3.63, 3.8) is 0 Å². The molecule has 1 saturated carbocycles. The molecule has 0 bridgehead atoms. The van der Waals surface area contributed by atoms with Gasteiger partial charge in [-0.3, -0.25) is 14.2 Å². The minimum Gasteiger partial charge on any atom is -0.324 e. The SMILES string of the molecule is O=C(Cn1nc(C(F)F)c(Cl)c1C1CC1)Nc1ccc(S(=O)(=O)Nc2nccs2)cc1. The van der Waals surface area contributed by atoms with Crippen LogP contribution in [0.15, 0.2) is 40.7 Å². The number of rotatable bonds is 8. The van der Waals surface area contributed by atoms with Crippen LogP contribution in [0, 0.1) is 0 Å². The van der Waals surface area contributed by atoms with Crippen LogP contribution in [0.1, 0.15) is 36.6 Å². The third-order valence-electron chi connectivity index (χ3n) is 4.52. The lowest BCUT2D eigenvalue weighted by Gasteiger charge is -2.09. The van der Waals surface area contributed by atoms with Gasteiger partial charge in [-0.15, -0.1) is 11.3 Å². The molecule has 0 atom stereocenters. The van der Waals surface area contributed by atoms with Crippen LogP contribution in [0.3, 0.4) is 0 Å². The summed E-state index contributed by atoms with van der Waals surface area (Å²) in [6, 6.07) is 5.52. The molecule has 3 aromatic rings. The molecule has 4 rings (SSSR count). The number of amides is 1. The summed E-state index contributed by atoms with van der Waals surface area (Å²) in [5, 5.41) is 8.21. The van der Waals surface area contributed by atoms with Gasteiger partial charge in [0, 0.05) is 23.2 Å². The summed E-state index contributed by atoms with van der Waals surface area (Å²) in [4.78, 5) is 16.3. The highest BCUT2D eigenvalue weighted by atomic mass is 35.5. The first-order chi connectivity index (χ1) is 14.7. The lowest BCUT2D eigenvalue weighted by molar-refractivity contribution is -0.117. The number of hydrogen-bond acceptors (Lipinski definition) is 6. The van der Waals surface area contributed by atoms with Gasteiger partial charge >= 0.3 is 0 Å². The maximum Gasteiger partial charge on any atom is 0.283 e. The van der Waals surface area contributed by atoms with Crippen molar-refractivity contribution in [2.75, 3.05) is 10.0 Å². The molecule has 0 saturated heterocycles. The summed E-state index contributed by atoms with van der Waals surface area (Å²) in [6.07, 6.45) is 0.260. The van der Waals surface area contributed by atoms with Gasteiger partial charge in [0.1, 0.15) is 12.2 Å². The minimum atomic E-state index is -3.81. The summed E-state index contributed by atoms with van der Waals surface area (Å²) in [5.74, 6) is -0.478. The molecular formula is C18H16ClF2N5O3S2. The van der Waals surface area contributed by atoms with Gasteiger partial charge in [0.15, 0.2) is 5.13 Å². The van der Waals surface area contributed by atoms with E-state index in [0.717, 1.165) is 24.2 Å². The molecular weight excluding hydrogens is 472 g/mol. The molecule has 13 heteroatoms. The number of nitrogens with one attached hydrogen (secondary N) is 2. The third kappa shape index (κ3) is 4.86. The van der Waals surface area contributed by atoms with E-state index in [0.29, 0.717) is 11.4 Å². The predicted octanol–water partition coefficient (Wildman–Crippen LogP) is 4.25. The topological polar surface area (TPSA) is 106 Å². The minimum absolute atomic E-state index is 0.00264. The average molecular weight is 488 g/mol. The van der Waals surface area contributed by atoms with Crippen LogP contribution in [-0.4, -0.2) is 29.1 Å². The van der Waals surface area contributed by atoms with E-state index in [1.807, 2.05) is 0 Å². The summed E-state index contributed by atoms with van der Waals surface area (Å²) in [5.41, 5.74) is 0.263. The van der Waals surface area contributed by atoms with Gasteiger partial charge in [-0.1, -0.05) is 11.6 Å². The fourth-order valence-electron chi connectivity index (χ4n) is 2.98. The second-order valence-corrected chi connectivity index (χ2v) is 9.79. The Hall–Kier alpha value is -2.57. The second-order valence-electron chi connectivity index (χ2n) is 6.83. The Morgan fingerprint density at radius 3 is 2.58 bits per heavy atom. The molecule has 1 aromatic carbocycles. The maximum atomic E-state index is 13.1. The third-order valence-corrected chi connectivity index (χ3v) is 7.08. The van der Waals surface area contributed by atoms with Crippen molar-refractivity contribution in [1.29, 1.82) is 0 Å². The number of hydrogen-bond donors (Lipinski definition) is 2. The van der Waals surface area contributed by atoms with Crippen molar-refractivity contribution < 1.29 is 22.0 Å². The molecule has 1 amide bonds. The first-order valence-corrected chi connectivity index (χ1v) is 11.8. The summed E-state index contributed by atoms with van der Waals surface area (Å²) in [7, 11) is -3.81. The van der Waals surface area contributed by atoms with Crippen LogP contribution in [0.2, 0.25) is 5.02 Å². The lowest BCUT2D eigenvalue weighted by atomic mass is 10.2. The van der Waals surface area contributed by atoms with Crippen LogP contribution < -0.4 is 10.0 Å². The quantitative estimate of drug-likeness (QED) is 0.494. The van der Waals surface area contributed by atoms with Crippen molar-refractivity contribution in [3.05, 3.63) is 52.3 Å². The van der Waals surface area contributed by atoms with E-state index < -0.39 is 28.0 Å². The number of carbonyl (C=O) groups is 1. The second kappa shape index (κ2) is 8.52. The Kier molecular flexibility index (Phi) is 5.95. The molecule has 0 aliphatic heterocycles. The highest BCUT2D eigenvalue weighted by molar-refractivity contribution is 7.93. The van der Waals surface area contributed by atoms with Crippen LogP contribution in [0.5, 0.6) is 0 Å². The number of sulfonamides is 1. The van der Waals surface area contributed by atoms with E-state index in [9.17, 15) is 22.0 Å². The molecule has 0 unspecified atom stereocenters. The van der Waals surface area contributed by atoms with Crippen LogP contribution in [0.4, 0.5) is 19.6 Å². The Morgan fingerprint density at radius 2 is 2.00 bits per heavy atom. The van der Waals surface area contributed by atoms with Gasteiger partial charge < -0.3 is 5.32 Å². The Labute approximate surface area is 185 Å². The normalized spacial score (nSPS) is 14.1. The van der Waals surface area contributed by atoms with Crippen LogP contribution in [0.25, 0.3) is 0 Å². The number of benzene rings is 1. The monoisotopic (exact) mass is 487 g/mol. The van der Waals surface area contributed by atoms with Crippen LogP contribution >= 0.6 is 22.9 Å². The molecule has 2 N–H and O–H groups in total. The van der Waals surface area contributed by atoms with Gasteiger partial charge in [0.05, 0.1) is 15.6 Å². The predicted molar refractivity (Wildman–Crippen MR) is 112 cm³/mol. The molecule has 2 heterocycles. The smallest absolute Gasteiger partial charge is 0.283 e. The number of halogens is 3. The molecule has 164 valence electrons. The van der Waals surface area contributed by atoms with Gasteiger partial charge in [-0.2, -0.15) is 5.10 Å². The fourth-order valence-corrected chi connectivity index (χ4v) is 5.14. The fraction of sp³-hybridized carbons (Fsp3) is 0.278. The summed E-state index contributed by atoms with van der Waals surface area (Å²) >= 11 is 7.20. The van der Waals surface area contributed by atoms with E-state index in [1.54, 1.807) is 5.38 Å². The Balaban J connectivity index is 1.44. The number of anilines is 2. The molecule has 0 spiro atoms. The summed E-state index contributed by atoms with van der Waals surface area (Å²) in [6.45, 7) is -0.288. The van der Waals surface area contributed by atoms with Gasteiger partial charge in [-0.05, 0) is 37.1 Å².